The van der Waals surface area contributed by atoms with E-state index in [1.54, 1.807) is 18.2 Å². The minimum absolute atomic E-state index is 0.0837. The van der Waals surface area contributed by atoms with Crippen LogP contribution in [0.3, 0.4) is 0 Å². The van der Waals surface area contributed by atoms with E-state index in [2.05, 4.69) is 0 Å². The van der Waals surface area contributed by atoms with E-state index >= 15 is 0 Å². The molecule has 2 fully saturated rings. The second-order valence-electron chi connectivity index (χ2n) is 4.35. The predicted octanol–water partition coefficient (Wildman–Crippen LogP) is 1.02. The molecule has 0 aliphatic carbocycles. The smallest absolute Gasteiger partial charge is 0.338 e. The van der Waals surface area contributed by atoms with Crippen molar-refractivity contribution in [2.75, 3.05) is 26.4 Å². The summed E-state index contributed by atoms with van der Waals surface area (Å²) in [6.07, 6.45) is 0.285. The van der Waals surface area contributed by atoms with Gasteiger partial charge in [-0.3, -0.25) is 0 Å². The quantitative estimate of drug-likeness (QED) is 0.557. The van der Waals surface area contributed by atoms with E-state index < -0.39 is 0 Å². The average Bonchev–Trinajstić information content (AvgIpc) is 3.28. The van der Waals surface area contributed by atoms with E-state index in [9.17, 15) is 4.79 Å². The first-order valence-corrected chi connectivity index (χ1v) is 5.94. The number of epoxide rings is 2. The summed E-state index contributed by atoms with van der Waals surface area (Å²) in [6, 6.07) is 6.96. The molecular formula is C13H14O5. The molecule has 18 heavy (non-hydrogen) atoms. The Morgan fingerprint density at radius 3 is 2.67 bits per heavy atom. The summed E-state index contributed by atoms with van der Waals surface area (Å²) in [5.41, 5.74) is 0.491. The fourth-order valence-corrected chi connectivity index (χ4v) is 1.48. The lowest BCUT2D eigenvalue weighted by atomic mass is 10.2. The van der Waals surface area contributed by atoms with Gasteiger partial charge in [0.05, 0.1) is 18.8 Å². The van der Waals surface area contributed by atoms with E-state index in [4.69, 9.17) is 18.9 Å². The Labute approximate surface area is 105 Å². The first-order chi connectivity index (χ1) is 8.81. The molecule has 0 bridgehead atoms. The lowest BCUT2D eigenvalue weighted by molar-refractivity contribution is 0.0476. The maximum atomic E-state index is 11.7. The zero-order valence-corrected chi connectivity index (χ0v) is 9.83. The highest BCUT2D eigenvalue weighted by molar-refractivity contribution is 5.89. The third-order valence-corrected chi connectivity index (χ3v) is 2.71. The van der Waals surface area contributed by atoms with Crippen molar-refractivity contribution in [3.8, 4) is 5.75 Å². The number of hydrogen-bond acceptors (Lipinski definition) is 5. The van der Waals surface area contributed by atoms with E-state index in [0.717, 1.165) is 6.61 Å². The lowest BCUT2D eigenvalue weighted by Gasteiger charge is -2.06. The summed E-state index contributed by atoms with van der Waals surface area (Å²) in [4.78, 5) is 11.7. The van der Waals surface area contributed by atoms with Crippen LogP contribution in [0.2, 0.25) is 0 Å². The molecule has 5 heteroatoms. The molecule has 1 aromatic carbocycles. The SMILES string of the molecule is O=C(OCC1CO1)c1cccc(OCC2CO2)c1. The number of hydrogen-bond donors (Lipinski definition) is 0. The number of carbonyl (C=O) groups is 1. The van der Waals surface area contributed by atoms with Crippen LogP contribution in [0.15, 0.2) is 24.3 Å². The molecule has 2 saturated heterocycles. The molecule has 0 amide bonds. The Balaban J connectivity index is 1.55. The van der Waals surface area contributed by atoms with Crippen LogP contribution in [-0.2, 0) is 14.2 Å². The first-order valence-electron chi connectivity index (χ1n) is 5.94. The average molecular weight is 250 g/mol. The van der Waals surface area contributed by atoms with Crippen LogP contribution in [0.4, 0.5) is 0 Å². The van der Waals surface area contributed by atoms with Crippen LogP contribution in [0.1, 0.15) is 10.4 Å². The molecule has 0 N–H and O–H groups in total. The monoisotopic (exact) mass is 250 g/mol. The van der Waals surface area contributed by atoms with Crippen LogP contribution in [0, 0.1) is 0 Å². The van der Waals surface area contributed by atoms with E-state index in [1.807, 2.05) is 6.07 Å². The van der Waals surface area contributed by atoms with Crippen LogP contribution in [0.5, 0.6) is 5.75 Å². The molecule has 0 aromatic heterocycles. The zero-order chi connectivity index (χ0) is 12.4. The van der Waals surface area contributed by atoms with E-state index in [-0.39, 0.29) is 18.2 Å². The van der Waals surface area contributed by atoms with Gasteiger partial charge >= 0.3 is 5.97 Å². The summed E-state index contributed by atoms with van der Waals surface area (Å²) in [5, 5.41) is 0. The van der Waals surface area contributed by atoms with Crippen LogP contribution >= 0.6 is 0 Å². The largest absolute Gasteiger partial charge is 0.491 e. The Kier molecular flexibility index (Phi) is 3.17. The van der Waals surface area contributed by atoms with Gasteiger partial charge in [0.25, 0.3) is 0 Å². The fraction of sp³-hybridized carbons (Fsp3) is 0.462. The molecule has 3 rings (SSSR count). The lowest BCUT2D eigenvalue weighted by Crippen LogP contribution is -2.10. The minimum atomic E-state index is -0.348. The van der Waals surface area contributed by atoms with Crippen LogP contribution in [-0.4, -0.2) is 44.6 Å². The second kappa shape index (κ2) is 4.96. The van der Waals surface area contributed by atoms with Crippen molar-refractivity contribution in [1.82, 2.24) is 0 Å². The van der Waals surface area contributed by atoms with Gasteiger partial charge in [-0.2, -0.15) is 0 Å². The van der Waals surface area contributed by atoms with Crippen LogP contribution in [0.25, 0.3) is 0 Å². The van der Waals surface area contributed by atoms with Crippen molar-refractivity contribution in [3.63, 3.8) is 0 Å². The Hall–Kier alpha value is -1.59. The van der Waals surface area contributed by atoms with Gasteiger partial charge in [-0.15, -0.1) is 0 Å². The molecule has 0 spiro atoms. The molecule has 0 radical (unpaired) electrons. The van der Waals surface area contributed by atoms with Gasteiger partial charge in [0.2, 0.25) is 0 Å². The van der Waals surface area contributed by atoms with Crippen molar-refractivity contribution in [2.45, 2.75) is 12.2 Å². The zero-order valence-electron chi connectivity index (χ0n) is 9.83. The van der Waals surface area contributed by atoms with Gasteiger partial charge in [-0.25, -0.2) is 4.79 Å². The van der Waals surface area contributed by atoms with E-state index in [0.29, 0.717) is 31.1 Å². The first kappa shape index (κ1) is 11.5. The third kappa shape index (κ3) is 3.21. The fourth-order valence-electron chi connectivity index (χ4n) is 1.48. The molecule has 2 atom stereocenters. The van der Waals surface area contributed by atoms with E-state index in [1.165, 1.54) is 0 Å². The topological polar surface area (TPSA) is 60.6 Å². The molecule has 0 saturated carbocycles. The third-order valence-electron chi connectivity index (χ3n) is 2.71. The highest BCUT2D eigenvalue weighted by atomic mass is 16.6. The van der Waals surface area contributed by atoms with Crippen molar-refractivity contribution in [3.05, 3.63) is 29.8 Å². The second-order valence-corrected chi connectivity index (χ2v) is 4.35. The van der Waals surface area contributed by atoms with Gasteiger partial charge in [0, 0.05) is 0 Å². The van der Waals surface area contributed by atoms with Gasteiger partial charge in [0.15, 0.2) is 0 Å². The standard InChI is InChI=1S/C13H14O5/c14-13(18-8-12-7-17-12)9-2-1-3-10(4-9)15-5-11-6-16-11/h1-4,11-12H,5-8H2. The Morgan fingerprint density at radius 2 is 1.94 bits per heavy atom. The Morgan fingerprint density at radius 1 is 1.22 bits per heavy atom. The number of esters is 1. The van der Waals surface area contributed by atoms with Crippen molar-refractivity contribution in [2.24, 2.45) is 0 Å². The molecule has 2 aliphatic heterocycles. The highest BCUT2D eigenvalue weighted by Crippen LogP contribution is 2.18. The summed E-state index contributed by atoms with van der Waals surface area (Å²) in [6.45, 7) is 2.27. The maximum Gasteiger partial charge on any atom is 0.338 e. The molecule has 96 valence electrons. The number of ether oxygens (including phenoxy) is 4. The molecule has 1 aromatic rings. The Bertz CT molecular complexity index is 437. The summed E-state index contributed by atoms with van der Waals surface area (Å²) in [5.74, 6) is 0.307. The van der Waals surface area contributed by atoms with Gasteiger partial charge in [0.1, 0.15) is 31.2 Å². The molecule has 2 aliphatic rings. The van der Waals surface area contributed by atoms with Crippen molar-refractivity contribution < 1.29 is 23.7 Å². The molecule has 5 nitrogen and oxygen atoms in total. The maximum absolute atomic E-state index is 11.7. The summed E-state index contributed by atoms with van der Waals surface area (Å²) in [7, 11) is 0. The molecular weight excluding hydrogens is 236 g/mol. The van der Waals surface area contributed by atoms with Crippen molar-refractivity contribution in [1.29, 1.82) is 0 Å². The van der Waals surface area contributed by atoms with Crippen molar-refractivity contribution >= 4 is 5.97 Å². The normalized spacial score (nSPS) is 24.4. The highest BCUT2D eigenvalue weighted by Gasteiger charge is 2.25. The predicted molar refractivity (Wildman–Crippen MR) is 61.7 cm³/mol. The summed E-state index contributed by atoms with van der Waals surface area (Å²) >= 11 is 0. The molecule has 2 heterocycles. The van der Waals surface area contributed by atoms with Gasteiger partial charge in [-0.05, 0) is 18.2 Å². The summed E-state index contributed by atoms with van der Waals surface area (Å²) < 4.78 is 20.6. The van der Waals surface area contributed by atoms with Gasteiger partial charge < -0.3 is 18.9 Å². The van der Waals surface area contributed by atoms with Gasteiger partial charge in [-0.1, -0.05) is 6.07 Å². The number of carbonyl (C=O) groups excluding carboxylic acids is 1. The van der Waals surface area contributed by atoms with Crippen LogP contribution < -0.4 is 4.74 Å². The number of benzene rings is 1. The molecule has 2 unspecified atom stereocenters. The number of rotatable bonds is 6. The minimum Gasteiger partial charge on any atom is -0.491 e.